The lowest BCUT2D eigenvalue weighted by Gasteiger charge is -2.34. The molecular formula is C20H22N6O2. The van der Waals surface area contributed by atoms with Crippen molar-refractivity contribution in [3.05, 3.63) is 54.4 Å². The van der Waals surface area contributed by atoms with Crippen molar-refractivity contribution in [1.82, 2.24) is 25.1 Å². The van der Waals surface area contributed by atoms with Crippen LogP contribution < -0.4 is 5.32 Å². The van der Waals surface area contributed by atoms with Crippen molar-refractivity contribution in [2.24, 2.45) is 11.1 Å². The number of nitrogens with zero attached hydrogens (tertiary/aromatic N) is 4. The standard InChI is InChI=1S/C20H22N6O2/c27-20(23-19-15-3-1-2-4-18(15)28-24-19)26-9-7-25(8-10-26)12-14-5-6-16-17(11-14)22-13-21-16/h1-6,11,13,15,18H,7-10,12H2,(H,21,22)(H,23,24,27). The van der Waals surface area contributed by atoms with Gasteiger partial charge < -0.3 is 14.7 Å². The van der Waals surface area contributed by atoms with Gasteiger partial charge in [-0.15, -0.1) is 0 Å². The number of imidazole rings is 1. The lowest BCUT2D eigenvalue weighted by atomic mass is 9.97. The number of carbonyl (C=O) groups is 1. The third-order valence-corrected chi connectivity index (χ3v) is 5.46. The average Bonchev–Trinajstić information content (AvgIpc) is 3.35. The van der Waals surface area contributed by atoms with Crippen molar-refractivity contribution in [2.45, 2.75) is 12.6 Å². The number of piperazine rings is 1. The summed E-state index contributed by atoms with van der Waals surface area (Å²) in [5.74, 6) is 0.582. The molecule has 8 nitrogen and oxygen atoms in total. The molecule has 1 aromatic heterocycles. The van der Waals surface area contributed by atoms with Gasteiger partial charge in [-0.25, -0.2) is 9.78 Å². The van der Waals surface area contributed by atoms with E-state index < -0.39 is 0 Å². The monoisotopic (exact) mass is 378 g/mol. The number of oxime groups is 1. The van der Waals surface area contributed by atoms with Gasteiger partial charge in [0.2, 0.25) is 0 Å². The number of fused-ring (bicyclic) bond motifs is 2. The van der Waals surface area contributed by atoms with Crippen molar-refractivity contribution in [2.75, 3.05) is 26.2 Å². The maximum Gasteiger partial charge on any atom is 0.322 e. The van der Waals surface area contributed by atoms with Gasteiger partial charge in [0.25, 0.3) is 0 Å². The molecule has 1 aliphatic carbocycles. The molecule has 2 atom stereocenters. The first-order valence-corrected chi connectivity index (χ1v) is 9.55. The number of hydrogen-bond acceptors (Lipinski definition) is 5. The Morgan fingerprint density at radius 1 is 1.21 bits per heavy atom. The van der Waals surface area contributed by atoms with Crippen molar-refractivity contribution < 1.29 is 9.63 Å². The lowest BCUT2D eigenvalue weighted by molar-refractivity contribution is 0.105. The molecule has 5 rings (SSSR count). The summed E-state index contributed by atoms with van der Waals surface area (Å²) in [7, 11) is 0. The van der Waals surface area contributed by atoms with Crippen LogP contribution in [0, 0.1) is 5.92 Å². The molecule has 3 heterocycles. The number of allylic oxidation sites excluding steroid dienone is 2. The number of aromatic nitrogens is 2. The summed E-state index contributed by atoms with van der Waals surface area (Å²) in [5, 5.41) is 6.97. The Balaban J connectivity index is 1.14. The molecule has 2 aromatic rings. The third kappa shape index (κ3) is 3.27. The predicted molar refractivity (Wildman–Crippen MR) is 106 cm³/mol. The van der Waals surface area contributed by atoms with Crippen LogP contribution >= 0.6 is 0 Å². The number of amides is 2. The zero-order valence-electron chi connectivity index (χ0n) is 15.4. The summed E-state index contributed by atoms with van der Waals surface area (Å²) in [5.41, 5.74) is 3.28. The number of rotatable bonds is 2. The highest BCUT2D eigenvalue weighted by molar-refractivity contribution is 6.00. The molecule has 0 spiro atoms. The number of aromatic amines is 1. The average molecular weight is 378 g/mol. The second kappa shape index (κ2) is 7.12. The summed E-state index contributed by atoms with van der Waals surface area (Å²) in [6, 6.07) is 6.19. The minimum Gasteiger partial charge on any atom is -0.386 e. The molecule has 2 unspecified atom stereocenters. The fraction of sp³-hybridized carbons (Fsp3) is 0.350. The van der Waals surface area contributed by atoms with Gasteiger partial charge >= 0.3 is 6.03 Å². The summed E-state index contributed by atoms with van der Waals surface area (Å²) in [4.78, 5) is 29.6. The quantitative estimate of drug-likeness (QED) is 0.835. The number of urea groups is 1. The second-order valence-corrected chi connectivity index (χ2v) is 7.29. The molecule has 2 N–H and O–H groups in total. The molecule has 1 saturated heterocycles. The Labute approximate surface area is 162 Å². The molecule has 1 fully saturated rings. The second-order valence-electron chi connectivity index (χ2n) is 7.29. The van der Waals surface area contributed by atoms with E-state index >= 15 is 0 Å². The Bertz CT molecular complexity index is 970. The van der Waals surface area contributed by atoms with Crippen molar-refractivity contribution >= 4 is 22.9 Å². The molecule has 0 radical (unpaired) electrons. The molecule has 2 aliphatic heterocycles. The number of carbonyl (C=O) groups excluding carboxylic acids is 1. The van der Waals surface area contributed by atoms with Gasteiger partial charge in [0.1, 0.15) is 0 Å². The van der Waals surface area contributed by atoms with Gasteiger partial charge in [0.15, 0.2) is 11.9 Å². The van der Waals surface area contributed by atoms with E-state index in [9.17, 15) is 4.79 Å². The first kappa shape index (κ1) is 17.0. The van der Waals surface area contributed by atoms with Crippen LogP contribution in [0.15, 0.2) is 54.0 Å². The highest BCUT2D eigenvalue weighted by Gasteiger charge is 2.33. The lowest BCUT2D eigenvalue weighted by Crippen LogP contribution is -2.53. The van der Waals surface area contributed by atoms with E-state index in [1.165, 1.54) is 5.56 Å². The fourth-order valence-electron chi connectivity index (χ4n) is 3.86. The van der Waals surface area contributed by atoms with Crippen LogP contribution in [-0.4, -0.2) is 63.9 Å². The van der Waals surface area contributed by atoms with Crippen LogP contribution in [0.4, 0.5) is 4.79 Å². The zero-order chi connectivity index (χ0) is 18.9. The Kier molecular flexibility index (Phi) is 4.32. The van der Waals surface area contributed by atoms with Crippen LogP contribution in [0.1, 0.15) is 5.56 Å². The molecule has 3 aliphatic rings. The van der Waals surface area contributed by atoms with Crippen LogP contribution in [0.2, 0.25) is 0 Å². The Morgan fingerprint density at radius 2 is 2.07 bits per heavy atom. The highest BCUT2D eigenvalue weighted by Crippen LogP contribution is 2.23. The van der Waals surface area contributed by atoms with Crippen LogP contribution in [0.5, 0.6) is 0 Å². The van der Waals surface area contributed by atoms with E-state index in [1.807, 2.05) is 35.3 Å². The van der Waals surface area contributed by atoms with E-state index in [-0.39, 0.29) is 18.1 Å². The predicted octanol–water partition coefficient (Wildman–Crippen LogP) is 1.84. The minimum atomic E-state index is -0.107. The molecule has 2 amide bonds. The van der Waals surface area contributed by atoms with Crippen LogP contribution in [-0.2, 0) is 11.4 Å². The molecule has 144 valence electrons. The first-order chi connectivity index (χ1) is 13.8. The van der Waals surface area contributed by atoms with Gasteiger partial charge in [0, 0.05) is 32.7 Å². The van der Waals surface area contributed by atoms with Crippen LogP contribution in [0.3, 0.4) is 0 Å². The SMILES string of the molecule is O=C(NC1=NOC2C=CC=CC12)N1CCN(Cc2ccc3nc[nH]c3c2)CC1. The van der Waals surface area contributed by atoms with E-state index in [2.05, 4.69) is 37.5 Å². The molecular weight excluding hydrogens is 356 g/mol. The maximum absolute atomic E-state index is 12.6. The van der Waals surface area contributed by atoms with Gasteiger partial charge in [0.05, 0.1) is 23.3 Å². The smallest absolute Gasteiger partial charge is 0.322 e. The van der Waals surface area contributed by atoms with Crippen molar-refractivity contribution in [3.63, 3.8) is 0 Å². The number of hydrogen-bond donors (Lipinski definition) is 2. The molecule has 0 saturated carbocycles. The topological polar surface area (TPSA) is 85.8 Å². The van der Waals surface area contributed by atoms with E-state index in [0.717, 1.165) is 30.7 Å². The normalized spacial score (nSPS) is 24.1. The van der Waals surface area contributed by atoms with Gasteiger partial charge in [-0.3, -0.25) is 10.2 Å². The molecule has 28 heavy (non-hydrogen) atoms. The number of amidine groups is 1. The minimum absolute atomic E-state index is 0.00682. The summed E-state index contributed by atoms with van der Waals surface area (Å²) < 4.78 is 0. The fourth-order valence-corrected chi connectivity index (χ4v) is 3.86. The van der Waals surface area contributed by atoms with Crippen LogP contribution in [0.25, 0.3) is 11.0 Å². The third-order valence-electron chi connectivity index (χ3n) is 5.46. The Morgan fingerprint density at radius 3 is 2.96 bits per heavy atom. The van der Waals surface area contributed by atoms with E-state index in [0.29, 0.717) is 18.9 Å². The summed E-state index contributed by atoms with van der Waals surface area (Å²) in [6.45, 7) is 3.93. The van der Waals surface area contributed by atoms with Crippen molar-refractivity contribution in [3.8, 4) is 0 Å². The highest BCUT2D eigenvalue weighted by atomic mass is 16.6. The summed E-state index contributed by atoms with van der Waals surface area (Å²) >= 11 is 0. The van der Waals surface area contributed by atoms with Gasteiger partial charge in [-0.05, 0) is 23.8 Å². The maximum atomic E-state index is 12.6. The first-order valence-electron chi connectivity index (χ1n) is 9.55. The summed E-state index contributed by atoms with van der Waals surface area (Å²) in [6.07, 6.45) is 9.46. The van der Waals surface area contributed by atoms with Crippen molar-refractivity contribution in [1.29, 1.82) is 0 Å². The molecule has 1 aromatic carbocycles. The number of nitrogens with one attached hydrogen (secondary N) is 2. The van der Waals surface area contributed by atoms with Gasteiger partial charge in [-0.1, -0.05) is 29.5 Å². The Hall–Kier alpha value is -3.13. The molecule has 8 heteroatoms. The van der Waals surface area contributed by atoms with Gasteiger partial charge in [-0.2, -0.15) is 0 Å². The van der Waals surface area contributed by atoms with E-state index in [4.69, 9.17) is 4.84 Å². The largest absolute Gasteiger partial charge is 0.386 e. The van der Waals surface area contributed by atoms with E-state index in [1.54, 1.807) is 6.33 Å². The molecule has 0 bridgehead atoms. The number of H-pyrrole nitrogens is 1. The zero-order valence-corrected chi connectivity index (χ0v) is 15.4. The number of benzene rings is 1.